The van der Waals surface area contributed by atoms with Crippen LogP contribution in [0.2, 0.25) is 0 Å². The number of carbonyl (C=O) groups is 1. The van der Waals surface area contributed by atoms with E-state index in [0.29, 0.717) is 108 Å². The molecular formula is C70H112N16O16P4. The van der Waals surface area contributed by atoms with Crippen LogP contribution in [0.3, 0.4) is 0 Å². The average Bonchev–Trinajstić information content (AvgIpc) is 1.62. The SMILES string of the molecule is C=P(C)(C)CCC1O[C@@H](n2c(C)nc3c(=O)[nH]c(C)nc32)[C@H](O)[C@@H]1O.C=P(C)(C)CCC1O[C@@H](n2c(CC)nc3c2N=C(N)CC3=O)[C@H](O)[C@@H]1O.C=P(C)(C)CCC1O[C@@H](n2c(CCC)nc3c(=O)[nH]c(C)nc32)[C@H](O)[C@@H]1O.C=P(C)(C)CCC1O[C@@H](n2c(CCCC)nc3c(=O)[nH]c(C)nc32)[C@H](O)[C@@H]1O. The lowest BCUT2D eigenvalue weighted by Gasteiger charge is -2.21. The molecule has 12 rings (SSSR count). The Labute approximate surface area is 617 Å². The van der Waals surface area contributed by atoms with E-state index >= 15 is 0 Å². The van der Waals surface area contributed by atoms with Gasteiger partial charge in [-0.15, -0.1) is 52.7 Å². The van der Waals surface area contributed by atoms with Crippen LogP contribution in [-0.2, 0) is 38.2 Å². The number of hydrogen-bond acceptors (Lipinski definition) is 25. The van der Waals surface area contributed by atoms with Crippen molar-refractivity contribution < 1.29 is 64.6 Å². The highest BCUT2D eigenvalue weighted by Gasteiger charge is 2.49. The number of aliphatic imine (C=N–C) groups is 1. The zero-order chi connectivity index (χ0) is 78.3. The maximum absolute atomic E-state index is 12.3. The van der Waals surface area contributed by atoms with Crippen LogP contribution in [0, 0.1) is 27.7 Å². The Kier molecular flexibility index (Phi) is 26.8. The summed E-state index contributed by atoms with van der Waals surface area (Å²) in [6.45, 7) is 24.7. The van der Waals surface area contributed by atoms with Crippen molar-refractivity contribution in [1.82, 2.24) is 68.1 Å². The zero-order valence-corrected chi connectivity index (χ0v) is 67.3. The van der Waals surface area contributed by atoms with Gasteiger partial charge < -0.3 is 80.5 Å². The molecule has 0 aromatic carbocycles. The van der Waals surface area contributed by atoms with Gasteiger partial charge in [0, 0.05) is 19.3 Å². The summed E-state index contributed by atoms with van der Waals surface area (Å²) in [5.41, 5.74) is 6.81. The highest BCUT2D eigenvalue weighted by atomic mass is 31.2. The van der Waals surface area contributed by atoms with Crippen molar-refractivity contribution in [2.45, 2.75) is 217 Å². The van der Waals surface area contributed by atoms with E-state index < -0.39 is 126 Å². The number of nitrogens with one attached hydrogen (secondary N) is 3. The fourth-order valence-electron chi connectivity index (χ4n) is 13.6. The van der Waals surface area contributed by atoms with Crippen LogP contribution < -0.4 is 22.4 Å². The maximum atomic E-state index is 12.3. The zero-order valence-electron chi connectivity index (χ0n) is 63.7. The summed E-state index contributed by atoms with van der Waals surface area (Å²) < 4.78 is 30.7. The average molecular weight is 1560 g/mol. The van der Waals surface area contributed by atoms with Gasteiger partial charge >= 0.3 is 0 Å². The number of ketones is 1. The van der Waals surface area contributed by atoms with Crippen molar-refractivity contribution in [3.8, 4) is 0 Å². The van der Waals surface area contributed by atoms with Gasteiger partial charge in [-0.25, -0.2) is 39.9 Å². The van der Waals surface area contributed by atoms with Gasteiger partial charge in [-0.2, -0.15) is 0 Å². The molecule has 4 saturated heterocycles. The van der Waals surface area contributed by atoms with Crippen LogP contribution >= 0.6 is 27.5 Å². The van der Waals surface area contributed by atoms with Crippen LogP contribution in [0.25, 0.3) is 33.5 Å². The summed E-state index contributed by atoms with van der Waals surface area (Å²) in [5.74, 6) is 4.03. The molecule has 0 radical (unpaired) electrons. The van der Waals surface area contributed by atoms with Crippen LogP contribution in [0.5, 0.6) is 0 Å². The van der Waals surface area contributed by atoms with Crippen molar-refractivity contribution in [1.29, 1.82) is 0 Å². The molecule has 7 aromatic rings. The number of aliphatic hydroxyl groups is 8. The standard InChI is InChI=1S/C19H31N4O4P.C18H29N4O4P.C17H27N4O4P.C16H25N4O4P/c1-6-7-8-13-22-14-17(20-11(2)21-18(14)26)23(13)19-16(25)15(24)12(27-19)9-10-28(3,4)5;1-6-7-12-21-13-16(19-10(2)20-17(13)25)22(12)18-15(24)14(23)11(26-18)8-9-27(3,4)5;1-5-12-20-13-9(22)8-11(18)19-16(13)21(12)17-15(24)14(23)10(25-17)6-7-26(2,3)4;1-8-17-14-11(15(23)18-8)19-9(2)20(14)16-13(22)12(21)10(24-16)6-7-25(3,4)5/h12,15-16,19,24-25H,3,6-10H2,1-2,4-5H3,(H,20,21,26);11,14-15,18,23-24H,3,6-9H2,1-2,4-5H3,(H,19,20,25);10,14-15,17,23-24H,2,5-8H2,1,3-4H3,(H2,18,19);10,12-13,16,21-22H,3,6-7H2,1-2,4-5H3,(H,17,18,23)/t12?,15-,16-,19-;11?,14-,15-,18-;10?,14-,15-,17-;10?,12-,13-,16-/m1111/s1. The van der Waals surface area contributed by atoms with Crippen LogP contribution in [0.4, 0.5) is 5.82 Å². The van der Waals surface area contributed by atoms with Gasteiger partial charge in [0.1, 0.15) is 95.4 Å². The third-order valence-electron chi connectivity index (χ3n) is 19.1. The number of aliphatic hydroxyl groups excluding tert-OH is 8. The maximum Gasteiger partial charge on any atom is 0.279 e. The molecule has 7 aromatic heterocycles. The van der Waals surface area contributed by atoms with E-state index in [4.69, 9.17) is 24.7 Å². The molecule has 4 unspecified atom stereocenters. The summed E-state index contributed by atoms with van der Waals surface area (Å²) in [6.07, 6.45) is 13.3. The molecule has 0 aliphatic carbocycles. The molecule has 0 spiro atoms. The van der Waals surface area contributed by atoms with Gasteiger partial charge in [0.25, 0.3) is 16.7 Å². The topological polar surface area (TPSA) is 463 Å². The first-order valence-corrected chi connectivity index (χ1v) is 48.3. The van der Waals surface area contributed by atoms with Gasteiger partial charge in [0.15, 0.2) is 75.7 Å². The number of hydrogen-bond donors (Lipinski definition) is 12. The largest absolute Gasteiger partial charge is 0.388 e. The number of rotatable bonds is 22. The molecule has 12 heterocycles. The monoisotopic (exact) mass is 1560 g/mol. The molecule has 0 bridgehead atoms. The first-order chi connectivity index (χ1) is 49.4. The fraction of sp³-hybridized carbons (Fsp3) is 0.657. The van der Waals surface area contributed by atoms with E-state index in [0.717, 1.165) is 43.9 Å². The Morgan fingerprint density at radius 2 is 0.774 bits per heavy atom. The quantitative estimate of drug-likeness (QED) is 0.0430. The summed E-state index contributed by atoms with van der Waals surface area (Å²) >= 11 is 0. The van der Waals surface area contributed by atoms with E-state index in [1.54, 1.807) is 46.0 Å². The number of aromatic amines is 3. The predicted molar refractivity (Wildman–Crippen MR) is 423 cm³/mol. The van der Waals surface area contributed by atoms with Crippen molar-refractivity contribution in [3.05, 3.63) is 77.5 Å². The Hall–Kier alpha value is -5.88. The lowest BCUT2D eigenvalue weighted by atomic mass is 10.1. The molecule has 13 N–H and O–H groups in total. The molecule has 32 nitrogen and oxygen atoms in total. The number of H-pyrrole nitrogens is 3. The number of carbonyl (C=O) groups excluding carboxylic acids is 1. The minimum Gasteiger partial charge on any atom is -0.388 e. The second kappa shape index (κ2) is 33.8. The van der Waals surface area contributed by atoms with Gasteiger partial charge in [-0.05, 0) is 144 Å². The first kappa shape index (κ1) is 84.1. The second-order valence-electron chi connectivity index (χ2n) is 31.3. The molecule has 0 saturated carbocycles. The van der Waals surface area contributed by atoms with Gasteiger partial charge in [0.2, 0.25) is 0 Å². The number of Topliss-reactive ketones (excluding diaryl/α,β-unsaturated/α-hetero) is 1. The normalized spacial score (nSPS) is 27.0. The molecule has 588 valence electrons. The lowest BCUT2D eigenvalue weighted by Crippen LogP contribution is -2.32. The molecule has 5 aliphatic rings. The van der Waals surface area contributed by atoms with Crippen LogP contribution in [-0.4, -0.2) is 297 Å². The number of ether oxygens (including phenoxy) is 4. The van der Waals surface area contributed by atoms with Gasteiger partial charge in [-0.3, -0.25) is 37.4 Å². The minimum absolute atomic E-state index is 0.0365. The molecule has 106 heavy (non-hydrogen) atoms. The number of aromatic nitrogens is 14. The molecule has 0 amide bonds. The Morgan fingerprint density at radius 1 is 0.443 bits per heavy atom. The van der Waals surface area contributed by atoms with Gasteiger partial charge in [-0.1, -0.05) is 27.2 Å². The number of nitrogens with zero attached hydrogens (tertiary/aromatic N) is 12. The fourth-order valence-corrected chi connectivity index (χ4v) is 17.4. The lowest BCUT2D eigenvalue weighted by molar-refractivity contribution is -0.0378. The molecule has 5 aliphatic heterocycles. The third-order valence-corrected chi connectivity index (χ3v) is 25.0. The summed E-state index contributed by atoms with van der Waals surface area (Å²) in [6, 6.07) is 0. The van der Waals surface area contributed by atoms with Crippen molar-refractivity contribution in [2.24, 2.45) is 10.7 Å². The molecule has 4 fully saturated rings. The van der Waals surface area contributed by atoms with Crippen molar-refractivity contribution in [3.63, 3.8) is 0 Å². The first-order valence-electron chi connectivity index (χ1n) is 36.1. The van der Waals surface area contributed by atoms with Gasteiger partial charge in [0.05, 0.1) is 30.8 Å². The van der Waals surface area contributed by atoms with Crippen molar-refractivity contribution >= 4 is 104 Å². The highest BCUT2D eigenvalue weighted by Crippen LogP contribution is 2.45. The Morgan fingerprint density at radius 3 is 1.11 bits per heavy atom. The van der Waals surface area contributed by atoms with Crippen LogP contribution in [0.1, 0.15) is 148 Å². The van der Waals surface area contributed by atoms with Crippen molar-refractivity contribution in [2.75, 3.05) is 78.0 Å². The van der Waals surface area contributed by atoms with E-state index in [1.165, 1.54) is 0 Å². The minimum atomic E-state index is -1.27. The summed E-state index contributed by atoms with van der Waals surface area (Å²) in [7, 11) is 0. The summed E-state index contributed by atoms with van der Waals surface area (Å²) in [4.78, 5) is 91.9. The second-order valence-corrected chi connectivity index (χ2v) is 48.5. The molecule has 16 atom stereocenters. The number of fused-ring (bicyclic) bond motifs is 4. The number of unbranched alkanes of at least 4 members (excludes halogenated alkanes) is 1. The van der Waals surface area contributed by atoms with Crippen LogP contribution in [0.15, 0.2) is 19.4 Å². The smallest absolute Gasteiger partial charge is 0.279 e. The number of imidazole rings is 4. The van der Waals surface area contributed by atoms with E-state index in [1.807, 2.05) is 13.8 Å². The Bertz CT molecular complexity index is 4750. The molecule has 36 heteroatoms. The Balaban J connectivity index is 0.000000164. The number of nitrogens with two attached hydrogens (primary N) is 1. The number of amidine groups is 1. The predicted octanol–water partition coefficient (Wildman–Crippen LogP) is 3.78. The molecular weight excluding hydrogens is 1440 g/mol. The summed E-state index contributed by atoms with van der Waals surface area (Å²) in [5, 5.41) is 84.4. The highest BCUT2D eigenvalue weighted by molar-refractivity contribution is 7.73. The van der Waals surface area contributed by atoms with E-state index in [9.17, 15) is 60.0 Å². The third kappa shape index (κ3) is 19.3. The van der Waals surface area contributed by atoms with E-state index in [2.05, 4.69) is 140 Å². The number of aryl methyl sites for hydroxylation is 7. The van der Waals surface area contributed by atoms with E-state index in [-0.39, 0.29) is 57.0 Å².